The number of hydrogen-bond acceptors (Lipinski definition) is 3. The Morgan fingerprint density at radius 2 is 1.72 bits per heavy atom. The quantitative estimate of drug-likeness (QED) is 0.602. The molecule has 3 aromatic rings. The molecule has 4 rings (SSSR count). The Bertz CT molecular complexity index is 1170. The Balaban J connectivity index is 1.48. The van der Waals surface area contributed by atoms with Crippen molar-refractivity contribution in [3.8, 4) is 0 Å². The van der Waals surface area contributed by atoms with Crippen molar-refractivity contribution in [2.24, 2.45) is 0 Å². The van der Waals surface area contributed by atoms with E-state index in [1.807, 2.05) is 42.2 Å². The molecular formula is C26H25N3O3. The third-order valence-corrected chi connectivity index (χ3v) is 5.43. The molecule has 1 fully saturated rings. The lowest BCUT2D eigenvalue weighted by Gasteiger charge is -2.16. The van der Waals surface area contributed by atoms with Crippen molar-refractivity contribution < 1.29 is 14.4 Å². The number of aryl methyl sites for hydroxylation is 1. The number of anilines is 2. The maximum atomic E-state index is 12.9. The molecule has 0 bridgehead atoms. The molecule has 32 heavy (non-hydrogen) atoms. The summed E-state index contributed by atoms with van der Waals surface area (Å²) in [5.41, 5.74) is 3.92. The Morgan fingerprint density at radius 1 is 0.906 bits per heavy atom. The van der Waals surface area contributed by atoms with Crippen LogP contribution in [0.15, 0.2) is 72.8 Å². The lowest BCUT2D eigenvalue weighted by atomic mass is 10.1. The van der Waals surface area contributed by atoms with E-state index in [4.69, 9.17) is 0 Å². The van der Waals surface area contributed by atoms with Crippen LogP contribution in [-0.2, 0) is 11.3 Å². The van der Waals surface area contributed by atoms with Gasteiger partial charge in [-0.15, -0.1) is 0 Å². The summed E-state index contributed by atoms with van der Waals surface area (Å²) in [6.45, 7) is 3.20. The second-order valence-corrected chi connectivity index (χ2v) is 7.94. The fourth-order valence-corrected chi connectivity index (χ4v) is 3.81. The van der Waals surface area contributed by atoms with Crippen LogP contribution >= 0.6 is 0 Å². The van der Waals surface area contributed by atoms with Crippen LogP contribution < -0.4 is 10.6 Å². The van der Waals surface area contributed by atoms with E-state index in [1.54, 1.807) is 42.5 Å². The van der Waals surface area contributed by atoms with Crippen LogP contribution in [0.2, 0.25) is 0 Å². The smallest absolute Gasteiger partial charge is 0.257 e. The van der Waals surface area contributed by atoms with Gasteiger partial charge >= 0.3 is 0 Å². The Labute approximate surface area is 187 Å². The van der Waals surface area contributed by atoms with E-state index in [1.165, 1.54) is 0 Å². The molecule has 162 valence electrons. The first kappa shape index (κ1) is 21.3. The molecule has 0 aromatic heterocycles. The van der Waals surface area contributed by atoms with Gasteiger partial charge in [-0.1, -0.05) is 36.4 Å². The highest BCUT2D eigenvalue weighted by Gasteiger charge is 2.20. The first-order valence-electron chi connectivity index (χ1n) is 10.6. The van der Waals surface area contributed by atoms with Crippen LogP contribution in [0.1, 0.15) is 44.7 Å². The van der Waals surface area contributed by atoms with Crippen LogP contribution in [0.5, 0.6) is 0 Å². The first-order valence-corrected chi connectivity index (χ1v) is 10.6. The van der Waals surface area contributed by atoms with Crippen molar-refractivity contribution in [3.05, 3.63) is 95.1 Å². The Morgan fingerprint density at radius 3 is 2.50 bits per heavy atom. The van der Waals surface area contributed by atoms with Crippen molar-refractivity contribution in [1.82, 2.24) is 4.90 Å². The number of nitrogens with zero attached hydrogens (tertiary/aromatic N) is 1. The van der Waals surface area contributed by atoms with Crippen molar-refractivity contribution in [1.29, 1.82) is 0 Å². The summed E-state index contributed by atoms with van der Waals surface area (Å²) in [7, 11) is 0. The lowest BCUT2D eigenvalue weighted by Crippen LogP contribution is -2.24. The summed E-state index contributed by atoms with van der Waals surface area (Å²) in [5.74, 6) is -0.461. The van der Waals surface area contributed by atoms with Gasteiger partial charge in [-0.3, -0.25) is 14.4 Å². The standard InChI is InChI=1S/C26H25N3O3/c1-18-7-4-10-21(15-18)27-26(32)22-11-2-3-12-23(22)28-25(31)20-9-5-8-19(16-20)17-29-14-6-13-24(29)30/h2-5,7-12,15-16H,6,13-14,17H2,1H3,(H,27,32)(H,28,31). The number of carbonyl (C=O) groups is 3. The highest BCUT2D eigenvalue weighted by atomic mass is 16.2. The largest absolute Gasteiger partial charge is 0.338 e. The van der Waals surface area contributed by atoms with E-state index < -0.39 is 0 Å². The van der Waals surface area contributed by atoms with Crippen LogP contribution in [-0.4, -0.2) is 29.2 Å². The third kappa shape index (κ3) is 5.03. The molecule has 0 aliphatic carbocycles. The van der Waals surface area contributed by atoms with Gasteiger partial charge in [0, 0.05) is 30.8 Å². The number of likely N-dealkylation sites (tertiary alicyclic amines) is 1. The van der Waals surface area contributed by atoms with Gasteiger partial charge in [-0.2, -0.15) is 0 Å². The molecule has 1 heterocycles. The second-order valence-electron chi connectivity index (χ2n) is 7.94. The molecule has 6 nitrogen and oxygen atoms in total. The summed E-state index contributed by atoms with van der Waals surface area (Å²) in [6, 6.07) is 21.7. The maximum Gasteiger partial charge on any atom is 0.257 e. The molecule has 0 saturated carbocycles. The number of carbonyl (C=O) groups excluding carboxylic acids is 3. The average Bonchev–Trinajstić information content (AvgIpc) is 3.18. The zero-order valence-corrected chi connectivity index (χ0v) is 17.9. The SMILES string of the molecule is Cc1cccc(NC(=O)c2ccccc2NC(=O)c2cccc(CN3CCCC3=O)c2)c1. The number of nitrogens with one attached hydrogen (secondary N) is 2. The monoisotopic (exact) mass is 427 g/mol. The molecule has 0 unspecified atom stereocenters. The van der Waals surface area contributed by atoms with Crippen LogP contribution in [0.4, 0.5) is 11.4 Å². The number of hydrogen-bond donors (Lipinski definition) is 2. The van der Waals surface area contributed by atoms with Crippen LogP contribution in [0.25, 0.3) is 0 Å². The normalized spacial score (nSPS) is 13.2. The van der Waals surface area contributed by atoms with Crippen molar-refractivity contribution in [3.63, 3.8) is 0 Å². The molecule has 1 aliphatic rings. The van der Waals surface area contributed by atoms with Gasteiger partial charge in [0.05, 0.1) is 11.3 Å². The maximum absolute atomic E-state index is 12.9. The molecule has 3 amide bonds. The van der Waals surface area contributed by atoms with Gasteiger partial charge in [0.15, 0.2) is 0 Å². The average molecular weight is 428 g/mol. The summed E-state index contributed by atoms with van der Waals surface area (Å²) in [6.07, 6.45) is 1.46. The predicted molar refractivity (Wildman–Crippen MR) is 125 cm³/mol. The van der Waals surface area contributed by atoms with E-state index in [9.17, 15) is 14.4 Å². The molecule has 1 saturated heterocycles. The van der Waals surface area contributed by atoms with Gasteiger partial charge in [0.25, 0.3) is 11.8 Å². The molecule has 2 N–H and O–H groups in total. The topological polar surface area (TPSA) is 78.5 Å². The fourth-order valence-electron chi connectivity index (χ4n) is 3.81. The first-order chi connectivity index (χ1) is 15.5. The number of amides is 3. The minimum Gasteiger partial charge on any atom is -0.338 e. The van der Waals surface area contributed by atoms with Crippen molar-refractivity contribution in [2.45, 2.75) is 26.3 Å². The predicted octanol–water partition coefficient (Wildman–Crippen LogP) is 4.62. The fraction of sp³-hybridized carbons (Fsp3) is 0.192. The molecule has 6 heteroatoms. The summed E-state index contributed by atoms with van der Waals surface area (Å²) < 4.78 is 0. The number of benzene rings is 3. The molecule has 1 aliphatic heterocycles. The zero-order chi connectivity index (χ0) is 22.5. The van der Waals surface area contributed by atoms with Gasteiger partial charge in [0.1, 0.15) is 0 Å². The second kappa shape index (κ2) is 9.47. The molecule has 0 radical (unpaired) electrons. The Hall–Kier alpha value is -3.93. The number of para-hydroxylation sites is 1. The number of rotatable bonds is 6. The van der Waals surface area contributed by atoms with E-state index in [0.717, 1.165) is 24.1 Å². The minimum absolute atomic E-state index is 0.147. The van der Waals surface area contributed by atoms with Gasteiger partial charge in [-0.25, -0.2) is 0 Å². The van der Waals surface area contributed by atoms with E-state index in [0.29, 0.717) is 35.5 Å². The highest BCUT2D eigenvalue weighted by molar-refractivity contribution is 6.12. The van der Waals surface area contributed by atoms with Gasteiger partial charge in [-0.05, 0) is 60.9 Å². The van der Waals surface area contributed by atoms with Crippen LogP contribution in [0.3, 0.4) is 0 Å². The zero-order valence-electron chi connectivity index (χ0n) is 17.9. The van der Waals surface area contributed by atoms with E-state index in [-0.39, 0.29) is 17.7 Å². The Kier molecular flexibility index (Phi) is 6.31. The molecule has 0 atom stereocenters. The van der Waals surface area contributed by atoms with Crippen molar-refractivity contribution >= 4 is 29.1 Å². The van der Waals surface area contributed by atoms with Gasteiger partial charge < -0.3 is 15.5 Å². The summed E-state index contributed by atoms with van der Waals surface area (Å²) in [4.78, 5) is 39.5. The van der Waals surface area contributed by atoms with Gasteiger partial charge in [0.2, 0.25) is 5.91 Å². The van der Waals surface area contributed by atoms with Crippen LogP contribution in [0, 0.1) is 6.92 Å². The van der Waals surface area contributed by atoms with Crippen molar-refractivity contribution in [2.75, 3.05) is 17.2 Å². The minimum atomic E-state index is -0.310. The van der Waals surface area contributed by atoms with E-state index >= 15 is 0 Å². The lowest BCUT2D eigenvalue weighted by molar-refractivity contribution is -0.128. The highest BCUT2D eigenvalue weighted by Crippen LogP contribution is 2.20. The summed E-state index contributed by atoms with van der Waals surface area (Å²) >= 11 is 0. The summed E-state index contributed by atoms with van der Waals surface area (Å²) in [5, 5.41) is 5.73. The third-order valence-electron chi connectivity index (χ3n) is 5.43. The molecule has 3 aromatic carbocycles. The molecular weight excluding hydrogens is 402 g/mol. The molecule has 0 spiro atoms. The van der Waals surface area contributed by atoms with E-state index in [2.05, 4.69) is 10.6 Å².